The maximum Gasteiger partial charge on any atom is 0.274 e. The van der Waals surface area contributed by atoms with Crippen molar-refractivity contribution >= 4 is 17.3 Å². The lowest BCUT2D eigenvalue weighted by Gasteiger charge is -2.28. The van der Waals surface area contributed by atoms with Gasteiger partial charge in [0.15, 0.2) is 5.82 Å². The number of nitrogens with zero attached hydrogens (tertiary/aromatic N) is 5. The highest BCUT2D eigenvalue weighted by molar-refractivity contribution is 6.05. The first-order valence-corrected chi connectivity index (χ1v) is 12.5. The number of aliphatic hydroxyl groups excluding tert-OH is 1. The van der Waals surface area contributed by atoms with Gasteiger partial charge < -0.3 is 25.8 Å². The molecular formula is C29H26FN7O3. The summed E-state index contributed by atoms with van der Waals surface area (Å²) in [6, 6.07) is 16.1. The predicted octanol–water partition coefficient (Wildman–Crippen LogP) is 3.38. The molecule has 2 aromatic carbocycles. The van der Waals surface area contributed by atoms with E-state index in [1.807, 2.05) is 11.0 Å². The van der Waals surface area contributed by atoms with Gasteiger partial charge in [0.25, 0.3) is 5.91 Å². The van der Waals surface area contributed by atoms with Crippen LogP contribution in [-0.2, 0) is 0 Å². The van der Waals surface area contributed by atoms with Gasteiger partial charge in [-0.1, -0.05) is 12.1 Å². The number of nitrogens with two attached hydrogens (primary N) is 1. The van der Waals surface area contributed by atoms with E-state index >= 15 is 0 Å². The summed E-state index contributed by atoms with van der Waals surface area (Å²) in [4.78, 5) is 28.2. The zero-order chi connectivity index (χ0) is 28.2. The maximum absolute atomic E-state index is 14.6. The number of rotatable bonds is 7. The largest absolute Gasteiger partial charge is 0.496 e. The second kappa shape index (κ2) is 11.4. The summed E-state index contributed by atoms with van der Waals surface area (Å²) >= 11 is 0. The van der Waals surface area contributed by atoms with Crippen LogP contribution in [0, 0.1) is 17.1 Å². The van der Waals surface area contributed by atoms with E-state index in [1.54, 1.807) is 36.5 Å². The van der Waals surface area contributed by atoms with Crippen LogP contribution in [0.3, 0.4) is 0 Å². The fraction of sp³-hybridized carbons (Fsp3) is 0.207. The van der Waals surface area contributed by atoms with Crippen molar-refractivity contribution in [2.24, 2.45) is 5.73 Å². The first-order valence-electron chi connectivity index (χ1n) is 12.5. The topological polar surface area (TPSA) is 150 Å². The van der Waals surface area contributed by atoms with Crippen LogP contribution in [0.4, 0.5) is 15.8 Å². The summed E-state index contributed by atoms with van der Waals surface area (Å²) in [6.45, 7) is 0.327. The second-order valence-corrected chi connectivity index (χ2v) is 9.26. The number of amides is 1. The summed E-state index contributed by atoms with van der Waals surface area (Å²) in [5.74, 6) is -0.890. The highest BCUT2D eigenvalue weighted by Gasteiger charge is 2.32. The van der Waals surface area contributed by atoms with E-state index in [2.05, 4.69) is 26.3 Å². The number of aromatic nitrogens is 3. The summed E-state index contributed by atoms with van der Waals surface area (Å²) in [6.07, 6.45) is 3.55. The molecule has 0 radical (unpaired) electrons. The van der Waals surface area contributed by atoms with Crippen molar-refractivity contribution in [2.75, 3.05) is 30.5 Å². The summed E-state index contributed by atoms with van der Waals surface area (Å²) in [5, 5.41) is 22.5. The minimum absolute atomic E-state index is 0.00298. The Kier molecular flexibility index (Phi) is 7.63. The SMILES string of the molecule is COc1cccc(F)c1-c1nccc(C(=O)Nc2ccc(-c3ncccc3C#N)cc2N2CC(N)CC2CO)n1. The van der Waals surface area contributed by atoms with Crippen LogP contribution in [-0.4, -0.2) is 58.3 Å². The molecule has 0 saturated carbocycles. The molecule has 0 spiro atoms. The first kappa shape index (κ1) is 26.7. The Morgan fingerprint density at radius 2 is 2.08 bits per heavy atom. The number of hydrogen-bond donors (Lipinski definition) is 3. The molecule has 11 heteroatoms. The number of pyridine rings is 1. The molecule has 3 heterocycles. The number of carbonyl (C=O) groups excluding carboxylic acids is 1. The van der Waals surface area contributed by atoms with Gasteiger partial charge >= 0.3 is 0 Å². The number of aliphatic hydroxyl groups is 1. The lowest BCUT2D eigenvalue weighted by molar-refractivity contribution is 0.102. The molecule has 2 unspecified atom stereocenters. The molecule has 2 atom stereocenters. The van der Waals surface area contributed by atoms with Crippen molar-refractivity contribution in [1.29, 1.82) is 5.26 Å². The molecule has 4 aromatic rings. The fourth-order valence-electron chi connectivity index (χ4n) is 4.85. The van der Waals surface area contributed by atoms with Gasteiger partial charge in [-0.15, -0.1) is 0 Å². The van der Waals surface area contributed by atoms with Gasteiger partial charge in [0.1, 0.15) is 23.3 Å². The standard InChI is InChI=1S/C29H26FN7O3/c1-40-25-6-2-5-21(30)26(25)28-34-11-9-23(35-28)29(39)36-22-8-7-17(27-18(14-31)4-3-10-33-27)12-24(22)37-15-19(32)13-20(37)16-38/h2-12,19-20,38H,13,15-16,32H2,1H3,(H,36,39). The highest BCUT2D eigenvalue weighted by Crippen LogP contribution is 2.36. The van der Waals surface area contributed by atoms with E-state index < -0.39 is 11.7 Å². The molecule has 0 bridgehead atoms. The smallest absolute Gasteiger partial charge is 0.274 e. The van der Waals surface area contributed by atoms with Gasteiger partial charge in [-0.05, 0) is 48.9 Å². The predicted molar refractivity (Wildman–Crippen MR) is 147 cm³/mol. The second-order valence-electron chi connectivity index (χ2n) is 9.26. The molecule has 1 aliphatic rings. The first-order chi connectivity index (χ1) is 19.4. The van der Waals surface area contributed by atoms with E-state index in [-0.39, 0.29) is 41.5 Å². The molecule has 40 heavy (non-hydrogen) atoms. The Balaban J connectivity index is 1.53. The monoisotopic (exact) mass is 539 g/mol. The third kappa shape index (κ3) is 5.18. The zero-order valence-corrected chi connectivity index (χ0v) is 21.6. The van der Waals surface area contributed by atoms with Crippen LogP contribution in [0.2, 0.25) is 0 Å². The van der Waals surface area contributed by atoms with E-state index in [4.69, 9.17) is 10.5 Å². The van der Waals surface area contributed by atoms with E-state index in [0.717, 1.165) is 0 Å². The molecule has 1 amide bonds. The number of nitrogens with one attached hydrogen (secondary N) is 1. The van der Waals surface area contributed by atoms with Crippen LogP contribution in [0.15, 0.2) is 67.0 Å². The van der Waals surface area contributed by atoms with Crippen LogP contribution < -0.4 is 20.7 Å². The van der Waals surface area contributed by atoms with Gasteiger partial charge in [0, 0.05) is 30.5 Å². The molecule has 10 nitrogen and oxygen atoms in total. The normalized spacial score (nSPS) is 16.4. The zero-order valence-electron chi connectivity index (χ0n) is 21.6. The number of nitriles is 1. The number of anilines is 2. The number of methoxy groups -OCH3 is 1. The Morgan fingerprint density at radius 3 is 2.85 bits per heavy atom. The molecular weight excluding hydrogens is 513 g/mol. The third-order valence-corrected chi connectivity index (χ3v) is 6.72. The molecule has 1 aliphatic heterocycles. The Hall–Kier alpha value is -4.92. The number of ether oxygens (including phenoxy) is 1. The average Bonchev–Trinajstić information content (AvgIpc) is 3.37. The Labute approximate surface area is 229 Å². The molecule has 4 N–H and O–H groups in total. The van der Waals surface area contributed by atoms with E-state index in [1.165, 1.54) is 31.5 Å². The minimum atomic E-state index is -0.582. The quantitative estimate of drug-likeness (QED) is 0.321. The van der Waals surface area contributed by atoms with Crippen molar-refractivity contribution < 1.29 is 19.0 Å². The number of halogens is 1. The number of benzene rings is 2. The number of carbonyl (C=O) groups is 1. The van der Waals surface area contributed by atoms with Crippen molar-refractivity contribution in [3.8, 4) is 34.5 Å². The summed E-state index contributed by atoms with van der Waals surface area (Å²) in [5.41, 5.74) is 8.89. The van der Waals surface area contributed by atoms with Gasteiger partial charge in [0.05, 0.1) is 48.0 Å². The van der Waals surface area contributed by atoms with Crippen LogP contribution in [0.1, 0.15) is 22.5 Å². The number of hydrogen-bond acceptors (Lipinski definition) is 9. The fourth-order valence-corrected chi connectivity index (χ4v) is 4.85. The summed E-state index contributed by atoms with van der Waals surface area (Å²) in [7, 11) is 1.41. The third-order valence-electron chi connectivity index (χ3n) is 6.72. The molecule has 0 aliphatic carbocycles. The van der Waals surface area contributed by atoms with Gasteiger partial charge in [-0.25, -0.2) is 14.4 Å². The van der Waals surface area contributed by atoms with E-state index in [9.17, 15) is 19.6 Å². The molecule has 1 fully saturated rings. The van der Waals surface area contributed by atoms with Crippen LogP contribution >= 0.6 is 0 Å². The molecule has 202 valence electrons. The van der Waals surface area contributed by atoms with Crippen molar-refractivity contribution in [1.82, 2.24) is 15.0 Å². The van der Waals surface area contributed by atoms with Gasteiger partial charge in [-0.3, -0.25) is 9.78 Å². The van der Waals surface area contributed by atoms with Crippen molar-refractivity contribution in [3.05, 3.63) is 84.1 Å². The molecule has 1 saturated heterocycles. The van der Waals surface area contributed by atoms with Crippen LogP contribution in [0.5, 0.6) is 5.75 Å². The van der Waals surface area contributed by atoms with Crippen LogP contribution in [0.25, 0.3) is 22.6 Å². The average molecular weight is 540 g/mol. The maximum atomic E-state index is 14.6. The minimum Gasteiger partial charge on any atom is -0.496 e. The highest BCUT2D eigenvalue weighted by atomic mass is 19.1. The molecule has 2 aromatic heterocycles. The van der Waals surface area contributed by atoms with Crippen molar-refractivity contribution in [2.45, 2.75) is 18.5 Å². The van der Waals surface area contributed by atoms with Gasteiger partial charge in [0.2, 0.25) is 0 Å². The van der Waals surface area contributed by atoms with Crippen molar-refractivity contribution in [3.63, 3.8) is 0 Å². The van der Waals surface area contributed by atoms with E-state index in [0.29, 0.717) is 41.2 Å². The summed E-state index contributed by atoms with van der Waals surface area (Å²) < 4.78 is 19.9. The lowest BCUT2D eigenvalue weighted by atomic mass is 10.0. The Morgan fingerprint density at radius 1 is 1.23 bits per heavy atom. The van der Waals surface area contributed by atoms with Gasteiger partial charge in [-0.2, -0.15) is 5.26 Å². The molecule has 5 rings (SSSR count). The lowest BCUT2D eigenvalue weighted by Crippen LogP contribution is -2.33. The Bertz CT molecular complexity index is 1610.